The zero-order chi connectivity index (χ0) is 11.8. The van der Waals surface area contributed by atoms with Gasteiger partial charge in [-0.05, 0) is 12.2 Å². The van der Waals surface area contributed by atoms with Crippen LogP contribution in [-0.4, -0.2) is 12.4 Å². The molecule has 0 radical (unpaired) electrons. The third-order valence-corrected chi connectivity index (χ3v) is 2.07. The number of fused-ring (bicyclic) bond motifs is 1. The first-order chi connectivity index (χ1) is 8.47. The number of aliphatic imine (C=N–C) groups is 1. The molecule has 0 aliphatic carbocycles. The minimum Gasteiger partial charge on any atom is -0.469 e. The first-order valence-corrected chi connectivity index (χ1v) is 5.33. The number of nitrogens with zero attached hydrogens (tertiary/aromatic N) is 1. The Morgan fingerprint density at radius 2 is 1.59 bits per heavy atom. The first-order valence-electron chi connectivity index (χ1n) is 5.33. The molecule has 3 nitrogen and oxygen atoms in total. The highest BCUT2D eigenvalue weighted by atomic mass is 16.5. The summed E-state index contributed by atoms with van der Waals surface area (Å²) in [6.07, 6.45) is 20.3. The second-order valence-corrected chi connectivity index (χ2v) is 3.28. The lowest BCUT2D eigenvalue weighted by Crippen LogP contribution is -1.94. The summed E-state index contributed by atoms with van der Waals surface area (Å²) in [4.78, 5) is 4.20. The molecule has 2 heterocycles. The van der Waals surface area contributed by atoms with Crippen molar-refractivity contribution in [2.75, 3.05) is 6.73 Å². The van der Waals surface area contributed by atoms with Crippen LogP contribution in [0.5, 0.6) is 0 Å². The maximum Gasteiger partial charge on any atom is 0.182 e. The van der Waals surface area contributed by atoms with Crippen LogP contribution in [0.3, 0.4) is 0 Å². The third-order valence-electron chi connectivity index (χ3n) is 2.07. The lowest BCUT2D eigenvalue weighted by atomic mass is 10.3. The van der Waals surface area contributed by atoms with Gasteiger partial charge in [0.05, 0.1) is 6.26 Å². The van der Waals surface area contributed by atoms with Crippen molar-refractivity contribution in [3.05, 3.63) is 73.0 Å². The molecule has 86 valence electrons. The Kier molecular flexibility index (Phi) is 4.17. The number of allylic oxidation sites excluding steroid dienone is 9. The second-order valence-electron chi connectivity index (χ2n) is 3.28. The molecule has 17 heavy (non-hydrogen) atoms. The highest BCUT2D eigenvalue weighted by Crippen LogP contribution is 2.11. The smallest absolute Gasteiger partial charge is 0.182 e. The van der Waals surface area contributed by atoms with E-state index < -0.39 is 0 Å². The fraction of sp³-hybridized carbons (Fsp3) is 0.0714. The van der Waals surface area contributed by atoms with Crippen LogP contribution in [0.15, 0.2) is 78.0 Å². The molecular formula is C14H13NO2. The van der Waals surface area contributed by atoms with Crippen LogP contribution in [0.2, 0.25) is 0 Å². The SMILES string of the molecule is C1=CC=CC=CC2=NCOC2=COC=CC=C1. The van der Waals surface area contributed by atoms with Crippen molar-refractivity contribution in [2.45, 2.75) is 0 Å². The number of ether oxygens (including phenoxy) is 2. The van der Waals surface area contributed by atoms with Crippen molar-refractivity contribution in [3.8, 4) is 0 Å². The minimum atomic E-state index is 0.349. The summed E-state index contributed by atoms with van der Waals surface area (Å²) in [5, 5.41) is 0. The highest BCUT2D eigenvalue weighted by Gasteiger charge is 2.11. The zero-order valence-electron chi connectivity index (χ0n) is 9.32. The van der Waals surface area contributed by atoms with Crippen LogP contribution >= 0.6 is 0 Å². The van der Waals surface area contributed by atoms with E-state index in [4.69, 9.17) is 9.47 Å². The van der Waals surface area contributed by atoms with Crippen molar-refractivity contribution in [1.29, 1.82) is 0 Å². The molecule has 0 spiro atoms. The van der Waals surface area contributed by atoms with Gasteiger partial charge in [0, 0.05) is 0 Å². The maximum absolute atomic E-state index is 5.31. The highest BCUT2D eigenvalue weighted by molar-refractivity contribution is 6.07. The molecule has 0 bridgehead atoms. The average molecular weight is 227 g/mol. The second kappa shape index (κ2) is 6.33. The van der Waals surface area contributed by atoms with Crippen LogP contribution in [-0.2, 0) is 9.47 Å². The molecule has 0 aromatic carbocycles. The van der Waals surface area contributed by atoms with E-state index >= 15 is 0 Å². The quantitative estimate of drug-likeness (QED) is 0.637. The summed E-state index contributed by atoms with van der Waals surface area (Å²) in [6.45, 7) is 0.349. The molecule has 2 rings (SSSR count). The van der Waals surface area contributed by atoms with Gasteiger partial charge in [-0.2, -0.15) is 0 Å². The average Bonchev–Trinajstić information content (AvgIpc) is 2.78. The van der Waals surface area contributed by atoms with Gasteiger partial charge in [0.25, 0.3) is 0 Å². The molecule has 0 unspecified atom stereocenters. The molecule has 0 saturated heterocycles. The van der Waals surface area contributed by atoms with E-state index in [2.05, 4.69) is 4.99 Å². The summed E-state index contributed by atoms with van der Waals surface area (Å²) in [7, 11) is 0. The Hall–Kier alpha value is -2.29. The molecule has 0 N–H and O–H groups in total. The summed E-state index contributed by atoms with van der Waals surface area (Å²) in [5.41, 5.74) is 0.791. The Bertz CT molecular complexity index is 463. The van der Waals surface area contributed by atoms with E-state index in [9.17, 15) is 0 Å². The van der Waals surface area contributed by atoms with E-state index in [0.717, 1.165) is 5.71 Å². The Balaban J connectivity index is 2.17. The fourth-order valence-electron chi connectivity index (χ4n) is 1.28. The van der Waals surface area contributed by atoms with Gasteiger partial charge in [0.15, 0.2) is 12.5 Å². The van der Waals surface area contributed by atoms with Crippen LogP contribution in [0.25, 0.3) is 0 Å². The molecule has 0 fully saturated rings. The van der Waals surface area contributed by atoms with Gasteiger partial charge in [-0.3, -0.25) is 0 Å². The molecule has 0 aromatic rings. The number of hydrogen-bond donors (Lipinski definition) is 0. The van der Waals surface area contributed by atoms with Gasteiger partial charge < -0.3 is 9.47 Å². The third kappa shape index (κ3) is 3.65. The van der Waals surface area contributed by atoms with Crippen molar-refractivity contribution >= 4 is 5.71 Å². The molecular weight excluding hydrogens is 214 g/mol. The standard InChI is InChI=1S/C14H13NO2/c1-2-4-6-8-10-16-11-14-13(15-12-17-14)9-7-5-3-1/h1-11H,12H2. The summed E-state index contributed by atoms with van der Waals surface area (Å²) in [6, 6.07) is 0. The fourth-order valence-corrected chi connectivity index (χ4v) is 1.28. The molecule has 0 atom stereocenters. The van der Waals surface area contributed by atoms with E-state index in [1.165, 1.54) is 0 Å². The van der Waals surface area contributed by atoms with Gasteiger partial charge in [0.1, 0.15) is 12.0 Å². The molecule has 0 aromatic heterocycles. The zero-order valence-corrected chi connectivity index (χ0v) is 9.32. The largest absolute Gasteiger partial charge is 0.469 e. The van der Waals surface area contributed by atoms with Crippen LogP contribution in [0.1, 0.15) is 0 Å². The normalized spacial score (nSPS) is 18.8. The van der Waals surface area contributed by atoms with Crippen molar-refractivity contribution in [1.82, 2.24) is 0 Å². The molecule has 0 amide bonds. The first kappa shape index (κ1) is 11.2. The van der Waals surface area contributed by atoms with E-state index in [1.54, 1.807) is 18.6 Å². The Morgan fingerprint density at radius 3 is 2.41 bits per heavy atom. The number of rotatable bonds is 0. The molecule has 2 aliphatic heterocycles. The Labute approximate surface area is 100 Å². The van der Waals surface area contributed by atoms with Crippen molar-refractivity contribution < 1.29 is 9.47 Å². The Morgan fingerprint density at radius 1 is 0.882 bits per heavy atom. The van der Waals surface area contributed by atoms with E-state index in [-0.39, 0.29) is 0 Å². The lowest BCUT2D eigenvalue weighted by molar-refractivity contribution is 0.244. The maximum atomic E-state index is 5.31. The van der Waals surface area contributed by atoms with Crippen LogP contribution in [0, 0.1) is 0 Å². The van der Waals surface area contributed by atoms with Gasteiger partial charge >= 0.3 is 0 Å². The van der Waals surface area contributed by atoms with E-state index in [1.807, 2.05) is 48.6 Å². The minimum absolute atomic E-state index is 0.349. The summed E-state index contributed by atoms with van der Waals surface area (Å²) in [5.74, 6) is 0.649. The lowest BCUT2D eigenvalue weighted by Gasteiger charge is -1.97. The van der Waals surface area contributed by atoms with Gasteiger partial charge in [0.2, 0.25) is 0 Å². The van der Waals surface area contributed by atoms with Crippen molar-refractivity contribution in [3.63, 3.8) is 0 Å². The topological polar surface area (TPSA) is 30.8 Å². The van der Waals surface area contributed by atoms with Crippen LogP contribution < -0.4 is 0 Å². The van der Waals surface area contributed by atoms with Crippen molar-refractivity contribution in [2.24, 2.45) is 4.99 Å². The summed E-state index contributed by atoms with van der Waals surface area (Å²) < 4.78 is 10.5. The van der Waals surface area contributed by atoms with E-state index in [0.29, 0.717) is 12.5 Å². The molecule has 2 aliphatic rings. The molecule has 0 saturated carbocycles. The van der Waals surface area contributed by atoms with Crippen LogP contribution in [0.4, 0.5) is 0 Å². The van der Waals surface area contributed by atoms with Gasteiger partial charge in [-0.25, -0.2) is 4.99 Å². The molecule has 3 heteroatoms. The number of hydrogen-bond acceptors (Lipinski definition) is 3. The van der Waals surface area contributed by atoms with Gasteiger partial charge in [-0.1, -0.05) is 42.5 Å². The predicted molar refractivity (Wildman–Crippen MR) is 68.3 cm³/mol. The van der Waals surface area contributed by atoms with Gasteiger partial charge in [-0.15, -0.1) is 0 Å². The predicted octanol–water partition coefficient (Wildman–Crippen LogP) is 3.03. The summed E-state index contributed by atoms with van der Waals surface area (Å²) >= 11 is 0. The monoisotopic (exact) mass is 227 g/mol.